The van der Waals surface area contributed by atoms with Crippen LogP contribution >= 0.6 is 0 Å². The van der Waals surface area contributed by atoms with E-state index in [-0.39, 0.29) is 5.82 Å². The lowest BCUT2D eigenvalue weighted by Gasteiger charge is -2.32. The second-order valence-electron chi connectivity index (χ2n) is 7.97. The molecular formula is C22H30FN3O2. The molecule has 152 valence electrons. The van der Waals surface area contributed by atoms with Gasteiger partial charge >= 0.3 is 0 Å². The van der Waals surface area contributed by atoms with Gasteiger partial charge in [-0.1, -0.05) is 0 Å². The first-order valence-corrected chi connectivity index (χ1v) is 10.5. The molecule has 0 spiro atoms. The van der Waals surface area contributed by atoms with Crippen LogP contribution in [0.2, 0.25) is 0 Å². The van der Waals surface area contributed by atoms with Crippen LogP contribution in [0.25, 0.3) is 11.5 Å². The van der Waals surface area contributed by atoms with Crippen molar-refractivity contribution in [2.75, 3.05) is 45.9 Å². The molecule has 2 saturated heterocycles. The van der Waals surface area contributed by atoms with E-state index < -0.39 is 0 Å². The van der Waals surface area contributed by atoms with Crippen LogP contribution < -0.4 is 0 Å². The van der Waals surface area contributed by atoms with Crippen LogP contribution in [-0.2, 0) is 11.3 Å². The van der Waals surface area contributed by atoms with E-state index in [9.17, 15) is 4.39 Å². The number of oxazole rings is 1. The van der Waals surface area contributed by atoms with Crippen molar-refractivity contribution in [3.63, 3.8) is 0 Å². The van der Waals surface area contributed by atoms with Crippen LogP contribution in [-0.4, -0.2) is 60.7 Å². The fourth-order valence-electron chi connectivity index (χ4n) is 4.20. The molecule has 1 aromatic carbocycles. The van der Waals surface area contributed by atoms with Gasteiger partial charge in [0.2, 0.25) is 5.89 Å². The Bertz CT molecular complexity index is 720. The Balaban J connectivity index is 1.18. The third kappa shape index (κ3) is 5.40. The highest BCUT2D eigenvalue weighted by molar-refractivity contribution is 5.52. The maximum absolute atomic E-state index is 13.1. The zero-order valence-corrected chi connectivity index (χ0v) is 16.5. The molecule has 0 aliphatic carbocycles. The number of hydrogen-bond donors (Lipinski definition) is 0. The van der Waals surface area contributed by atoms with Crippen molar-refractivity contribution < 1.29 is 13.5 Å². The summed E-state index contributed by atoms with van der Waals surface area (Å²) in [4.78, 5) is 9.57. The number of benzene rings is 1. The summed E-state index contributed by atoms with van der Waals surface area (Å²) in [6.45, 7) is 8.26. The van der Waals surface area contributed by atoms with Crippen LogP contribution in [0.1, 0.15) is 31.4 Å². The Morgan fingerprint density at radius 1 is 1.00 bits per heavy atom. The third-order valence-corrected chi connectivity index (χ3v) is 5.93. The van der Waals surface area contributed by atoms with Gasteiger partial charge < -0.3 is 9.15 Å². The van der Waals surface area contributed by atoms with E-state index in [0.717, 1.165) is 63.1 Å². The molecule has 0 saturated carbocycles. The number of halogens is 1. The third-order valence-electron chi connectivity index (χ3n) is 5.93. The van der Waals surface area contributed by atoms with Crippen molar-refractivity contribution in [3.05, 3.63) is 42.0 Å². The second kappa shape index (κ2) is 9.63. The number of nitrogens with zero attached hydrogens (tertiary/aromatic N) is 3. The highest BCUT2D eigenvalue weighted by Gasteiger charge is 2.20. The topological polar surface area (TPSA) is 41.7 Å². The molecule has 2 aromatic rings. The van der Waals surface area contributed by atoms with Crippen molar-refractivity contribution in [3.8, 4) is 11.5 Å². The van der Waals surface area contributed by atoms with E-state index in [1.54, 1.807) is 18.4 Å². The predicted molar refractivity (Wildman–Crippen MR) is 106 cm³/mol. The second-order valence-corrected chi connectivity index (χ2v) is 7.97. The minimum Gasteiger partial charge on any atom is -0.444 e. The van der Waals surface area contributed by atoms with Crippen LogP contribution in [0.15, 0.2) is 34.9 Å². The fraction of sp³-hybridized carbons (Fsp3) is 0.591. The average molecular weight is 387 g/mol. The number of morpholine rings is 1. The molecule has 28 heavy (non-hydrogen) atoms. The minimum atomic E-state index is -0.247. The van der Waals surface area contributed by atoms with Crippen LogP contribution in [0.5, 0.6) is 0 Å². The molecule has 4 rings (SSSR count). The lowest BCUT2D eigenvalue weighted by Crippen LogP contribution is -2.37. The molecule has 0 bridgehead atoms. The molecule has 5 nitrogen and oxygen atoms in total. The monoisotopic (exact) mass is 387 g/mol. The van der Waals surface area contributed by atoms with E-state index in [4.69, 9.17) is 9.15 Å². The summed E-state index contributed by atoms with van der Waals surface area (Å²) in [5.74, 6) is 1.17. The van der Waals surface area contributed by atoms with Gasteiger partial charge in [-0.3, -0.25) is 9.80 Å². The fourth-order valence-corrected chi connectivity index (χ4v) is 4.20. The number of aromatic nitrogens is 1. The molecule has 0 radical (unpaired) electrons. The maximum Gasteiger partial charge on any atom is 0.226 e. The largest absolute Gasteiger partial charge is 0.444 e. The van der Waals surface area contributed by atoms with Crippen molar-refractivity contribution in [2.24, 2.45) is 5.92 Å². The Labute approximate surface area is 166 Å². The number of likely N-dealkylation sites (tertiary alicyclic amines) is 1. The minimum absolute atomic E-state index is 0.247. The van der Waals surface area contributed by atoms with Gasteiger partial charge in [0.1, 0.15) is 12.1 Å². The summed E-state index contributed by atoms with van der Waals surface area (Å²) in [6, 6.07) is 6.27. The molecule has 6 heteroatoms. The molecule has 0 atom stereocenters. The summed E-state index contributed by atoms with van der Waals surface area (Å²) in [6.07, 6.45) is 6.91. The molecule has 2 fully saturated rings. The number of ether oxygens (including phenoxy) is 1. The zero-order valence-electron chi connectivity index (χ0n) is 16.5. The van der Waals surface area contributed by atoms with Gasteiger partial charge in [0.15, 0.2) is 0 Å². The molecule has 0 unspecified atom stereocenters. The van der Waals surface area contributed by atoms with Crippen LogP contribution in [0.3, 0.4) is 0 Å². The van der Waals surface area contributed by atoms with E-state index in [2.05, 4.69) is 14.8 Å². The normalized spacial score (nSPS) is 19.9. The van der Waals surface area contributed by atoms with Gasteiger partial charge in [0, 0.05) is 25.2 Å². The van der Waals surface area contributed by atoms with Gasteiger partial charge in [-0.25, -0.2) is 9.37 Å². The molecule has 3 heterocycles. The average Bonchev–Trinajstić information content (AvgIpc) is 3.19. The SMILES string of the molecule is Fc1ccc(-c2nc(CN3CCC(CCCN4CCOCC4)CC3)co2)cc1. The summed E-state index contributed by atoms with van der Waals surface area (Å²) < 4.78 is 24.1. The van der Waals surface area contributed by atoms with Crippen molar-refractivity contribution in [1.82, 2.24) is 14.8 Å². The Morgan fingerprint density at radius 3 is 2.50 bits per heavy atom. The number of hydrogen-bond acceptors (Lipinski definition) is 5. The number of rotatable bonds is 7. The summed E-state index contributed by atoms with van der Waals surface area (Å²) in [5.41, 5.74) is 1.76. The highest BCUT2D eigenvalue weighted by atomic mass is 19.1. The van der Waals surface area contributed by atoms with Crippen LogP contribution in [0, 0.1) is 11.7 Å². The standard InChI is InChI=1S/C22H30FN3O2/c23-20-5-3-19(4-6-20)22-24-21(17-28-22)16-26-10-7-18(8-11-26)2-1-9-25-12-14-27-15-13-25/h3-6,17-18H,1-2,7-16H2. The van der Waals surface area contributed by atoms with E-state index >= 15 is 0 Å². The quantitative estimate of drug-likeness (QED) is 0.723. The van der Waals surface area contributed by atoms with Gasteiger partial charge in [0.25, 0.3) is 0 Å². The van der Waals surface area contributed by atoms with Crippen molar-refractivity contribution >= 4 is 0 Å². The Hall–Kier alpha value is -1.76. The smallest absolute Gasteiger partial charge is 0.226 e. The highest BCUT2D eigenvalue weighted by Crippen LogP contribution is 2.24. The van der Waals surface area contributed by atoms with Gasteiger partial charge in [-0.2, -0.15) is 0 Å². The van der Waals surface area contributed by atoms with Gasteiger partial charge in [0.05, 0.1) is 18.9 Å². The molecule has 2 aliphatic rings. The van der Waals surface area contributed by atoms with E-state index in [0.29, 0.717) is 5.89 Å². The maximum atomic E-state index is 13.1. The summed E-state index contributed by atoms with van der Waals surface area (Å²) >= 11 is 0. The Morgan fingerprint density at radius 2 is 1.75 bits per heavy atom. The lowest BCUT2D eigenvalue weighted by molar-refractivity contribution is 0.0361. The molecular weight excluding hydrogens is 357 g/mol. The number of piperidine rings is 1. The zero-order chi connectivity index (χ0) is 19.2. The molecule has 0 N–H and O–H groups in total. The van der Waals surface area contributed by atoms with E-state index in [1.807, 2.05) is 0 Å². The van der Waals surface area contributed by atoms with E-state index in [1.165, 1.54) is 44.4 Å². The van der Waals surface area contributed by atoms with Gasteiger partial charge in [-0.05, 0) is 75.5 Å². The van der Waals surface area contributed by atoms with Crippen molar-refractivity contribution in [1.29, 1.82) is 0 Å². The summed E-state index contributed by atoms with van der Waals surface area (Å²) in [7, 11) is 0. The molecule has 2 aliphatic heterocycles. The molecule has 0 amide bonds. The summed E-state index contributed by atoms with van der Waals surface area (Å²) in [5, 5.41) is 0. The van der Waals surface area contributed by atoms with Crippen molar-refractivity contribution in [2.45, 2.75) is 32.2 Å². The molecule has 1 aromatic heterocycles. The van der Waals surface area contributed by atoms with Gasteiger partial charge in [-0.15, -0.1) is 0 Å². The predicted octanol–water partition coefficient (Wildman–Crippen LogP) is 3.81. The Kier molecular flexibility index (Phi) is 6.73. The first-order valence-electron chi connectivity index (χ1n) is 10.5. The first kappa shape index (κ1) is 19.6. The first-order chi connectivity index (χ1) is 13.8. The van der Waals surface area contributed by atoms with Crippen LogP contribution in [0.4, 0.5) is 4.39 Å². The lowest BCUT2D eigenvalue weighted by atomic mass is 9.92.